The first-order chi connectivity index (χ1) is 14.0. The number of nitrogen functional groups attached to an aromatic ring is 1. The molecule has 0 radical (unpaired) electrons. The summed E-state index contributed by atoms with van der Waals surface area (Å²) in [6.45, 7) is 2.34. The van der Waals surface area contributed by atoms with Gasteiger partial charge in [-0.05, 0) is 37.5 Å². The first kappa shape index (κ1) is 18.4. The fourth-order valence-corrected chi connectivity index (χ4v) is 4.24. The summed E-state index contributed by atoms with van der Waals surface area (Å²) in [6.07, 6.45) is 4.18. The molecule has 2 aliphatic heterocycles. The minimum absolute atomic E-state index is 0.00505. The predicted molar refractivity (Wildman–Crippen MR) is 107 cm³/mol. The minimum Gasteiger partial charge on any atom is -0.382 e. The maximum absolute atomic E-state index is 14.8. The van der Waals surface area contributed by atoms with Gasteiger partial charge in [-0.3, -0.25) is 0 Å². The number of nitrogens with zero attached hydrogens (tertiary/aromatic N) is 4. The number of halogens is 3. The van der Waals surface area contributed by atoms with E-state index in [1.54, 1.807) is 6.07 Å². The molecule has 0 unspecified atom stereocenters. The van der Waals surface area contributed by atoms with Crippen LogP contribution in [0.2, 0.25) is 5.02 Å². The maximum atomic E-state index is 14.8. The highest BCUT2D eigenvalue weighted by Crippen LogP contribution is 2.40. The molecule has 0 saturated carbocycles. The van der Waals surface area contributed by atoms with Gasteiger partial charge in [0.05, 0.1) is 12.2 Å². The number of hydrogen-bond donors (Lipinski definition) is 1. The molecule has 2 saturated heterocycles. The monoisotopic (exact) mass is 417 g/mol. The third kappa shape index (κ3) is 2.98. The van der Waals surface area contributed by atoms with Gasteiger partial charge in [-0.2, -0.15) is 0 Å². The third-order valence-corrected chi connectivity index (χ3v) is 6.24. The van der Waals surface area contributed by atoms with Crippen LogP contribution >= 0.6 is 11.6 Å². The zero-order valence-electron chi connectivity index (χ0n) is 15.5. The van der Waals surface area contributed by atoms with Gasteiger partial charge in [0.15, 0.2) is 11.6 Å². The molecule has 1 aromatic carbocycles. The van der Waals surface area contributed by atoms with E-state index in [1.165, 1.54) is 12.4 Å². The van der Waals surface area contributed by atoms with Crippen LogP contribution < -0.4 is 10.6 Å². The van der Waals surface area contributed by atoms with Crippen molar-refractivity contribution in [2.24, 2.45) is 0 Å². The Bertz CT molecular complexity index is 1110. The topological polar surface area (TPSA) is 77.2 Å². The van der Waals surface area contributed by atoms with Crippen molar-refractivity contribution in [2.75, 3.05) is 30.3 Å². The average molecular weight is 418 g/mol. The zero-order chi connectivity index (χ0) is 20.2. The number of anilines is 2. The van der Waals surface area contributed by atoms with Gasteiger partial charge in [0.2, 0.25) is 0 Å². The minimum atomic E-state index is -0.845. The van der Waals surface area contributed by atoms with Crippen LogP contribution in [-0.4, -0.2) is 40.2 Å². The van der Waals surface area contributed by atoms with Crippen molar-refractivity contribution in [1.29, 1.82) is 0 Å². The Morgan fingerprint density at radius 2 is 1.83 bits per heavy atom. The highest BCUT2D eigenvalue weighted by Gasteiger charge is 2.41. The molecule has 0 atom stereocenters. The molecule has 6 nitrogen and oxygen atoms in total. The molecular weight excluding hydrogens is 400 g/mol. The lowest BCUT2D eigenvalue weighted by Crippen LogP contribution is -2.52. The number of pyridine rings is 1. The first-order valence-electron chi connectivity index (χ1n) is 9.41. The molecule has 5 rings (SSSR count). The number of rotatable bonds is 2. The van der Waals surface area contributed by atoms with Crippen LogP contribution in [0.15, 0.2) is 24.5 Å². The molecule has 4 heterocycles. The normalized spacial score (nSPS) is 18.2. The molecule has 9 heteroatoms. The van der Waals surface area contributed by atoms with Crippen molar-refractivity contribution in [3.8, 4) is 11.1 Å². The lowest BCUT2D eigenvalue weighted by molar-refractivity contribution is -0.158. The van der Waals surface area contributed by atoms with Crippen molar-refractivity contribution in [2.45, 2.75) is 24.9 Å². The van der Waals surface area contributed by atoms with Crippen LogP contribution in [0, 0.1) is 11.6 Å². The van der Waals surface area contributed by atoms with Gasteiger partial charge in [-0.15, -0.1) is 0 Å². The molecular formula is C20H18ClF2N5O. The molecule has 3 aromatic rings. The van der Waals surface area contributed by atoms with Gasteiger partial charge in [-0.25, -0.2) is 23.7 Å². The molecule has 0 bridgehead atoms. The van der Waals surface area contributed by atoms with E-state index in [2.05, 4.69) is 19.9 Å². The van der Waals surface area contributed by atoms with Crippen LogP contribution in [-0.2, 0) is 4.74 Å². The van der Waals surface area contributed by atoms with E-state index in [0.717, 1.165) is 45.0 Å². The number of hydrogen-bond acceptors (Lipinski definition) is 6. The fraction of sp³-hybridized carbons (Fsp3) is 0.350. The fourth-order valence-electron chi connectivity index (χ4n) is 4.07. The number of ether oxygens (including phenoxy) is 1. The quantitative estimate of drug-likeness (QED) is 0.636. The number of aromatic nitrogens is 3. The molecule has 1 spiro atoms. The summed E-state index contributed by atoms with van der Waals surface area (Å²) in [5.74, 6) is -0.823. The maximum Gasteiger partial charge on any atom is 0.153 e. The molecule has 2 aromatic heterocycles. The summed E-state index contributed by atoms with van der Waals surface area (Å²) in [4.78, 5) is 15.0. The van der Waals surface area contributed by atoms with Gasteiger partial charge >= 0.3 is 0 Å². The highest BCUT2D eigenvalue weighted by atomic mass is 35.5. The summed E-state index contributed by atoms with van der Waals surface area (Å²) in [5, 5.41) is -0.557. The van der Waals surface area contributed by atoms with E-state index >= 15 is 0 Å². The Morgan fingerprint density at radius 3 is 2.52 bits per heavy atom. The SMILES string of the molecule is Nc1ncnc2c(-c3ccc(F)c(Cl)c3F)cc(N3CCC4(CCO4)CC3)nc12. The van der Waals surface area contributed by atoms with E-state index in [-0.39, 0.29) is 17.0 Å². The molecule has 2 N–H and O–H groups in total. The van der Waals surface area contributed by atoms with Crippen molar-refractivity contribution in [3.05, 3.63) is 41.2 Å². The van der Waals surface area contributed by atoms with Crippen molar-refractivity contribution in [1.82, 2.24) is 15.0 Å². The molecule has 0 aliphatic carbocycles. The standard InChI is InChI=1S/C20H18ClF2N5O/c21-15-13(22)2-1-11(16(15)23)12-9-14(27-18-17(12)25-10-26-19(18)24)28-6-3-20(4-7-28)5-8-29-20/h1-2,9-10H,3-8H2,(H2,24,25,26). The van der Waals surface area contributed by atoms with Crippen LogP contribution in [0.1, 0.15) is 19.3 Å². The summed E-state index contributed by atoms with van der Waals surface area (Å²) in [5.41, 5.74) is 7.37. The summed E-state index contributed by atoms with van der Waals surface area (Å²) in [7, 11) is 0. The zero-order valence-corrected chi connectivity index (χ0v) is 16.2. The van der Waals surface area contributed by atoms with Gasteiger partial charge in [0.1, 0.15) is 34.0 Å². The van der Waals surface area contributed by atoms with Crippen LogP contribution in [0.3, 0.4) is 0 Å². The second-order valence-electron chi connectivity index (χ2n) is 7.48. The number of fused-ring (bicyclic) bond motifs is 1. The lowest BCUT2D eigenvalue weighted by atomic mass is 9.84. The predicted octanol–water partition coefficient (Wildman–Crippen LogP) is 3.96. The molecule has 150 valence electrons. The van der Waals surface area contributed by atoms with Crippen molar-refractivity contribution < 1.29 is 13.5 Å². The van der Waals surface area contributed by atoms with E-state index in [9.17, 15) is 8.78 Å². The lowest BCUT2D eigenvalue weighted by Gasteiger charge is -2.47. The Hall–Kier alpha value is -2.58. The second kappa shape index (κ2) is 6.74. The Kier molecular flexibility index (Phi) is 4.29. The van der Waals surface area contributed by atoms with Gasteiger partial charge < -0.3 is 15.4 Å². The molecule has 29 heavy (non-hydrogen) atoms. The first-order valence-corrected chi connectivity index (χ1v) is 9.79. The van der Waals surface area contributed by atoms with E-state index < -0.39 is 16.7 Å². The number of nitrogens with two attached hydrogens (primary N) is 1. The van der Waals surface area contributed by atoms with Crippen LogP contribution in [0.25, 0.3) is 22.2 Å². The van der Waals surface area contributed by atoms with Gasteiger partial charge in [-0.1, -0.05) is 11.6 Å². The van der Waals surface area contributed by atoms with Crippen LogP contribution in [0.4, 0.5) is 20.4 Å². The Balaban J connectivity index is 1.64. The van der Waals surface area contributed by atoms with Crippen molar-refractivity contribution in [3.63, 3.8) is 0 Å². The van der Waals surface area contributed by atoms with E-state index in [4.69, 9.17) is 22.1 Å². The summed E-state index contributed by atoms with van der Waals surface area (Å²) in [6, 6.07) is 4.23. The molecule has 2 fully saturated rings. The number of benzene rings is 1. The number of piperidine rings is 1. The highest BCUT2D eigenvalue weighted by molar-refractivity contribution is 6.31. The van der Waals surface area contributed by atoms with Crippen LogP contribution in [0.5, 0.6) is 0 Å². The Labute approximate surface area is 170 Å². The summed E-state index contributed by atoms with van der Waals surface area (Å²) < 4.78 is 34.3. The summed E-state index contributed by atoms with van der Waals surface area (Å²) >= 11 is 5.81. The molecule has 0 amide bonds. The van der Waals surface area contributed by atoms with Gasteiger partial charge in [0, 0.05) is 24.2 Å². The van der Waals surface area contributed by atoms with Crippen molar-refractivity contribution >= 4 is 34.3 Å². The van der Waals surface area contributed by atoms with Gasteiger partial charge in [0.25, 0.3) is 0 Å². The van der Waals surface area contributed by atoms with E-state index in [0.29, 0.717) is 22.4 Å². The Morgan fingerprint density at radius 1 is 1.07 bits per heavy atom. The largest absolute Gasteiger partial charge is 0.382 e. The smallest absolute Gasteiger partial charge is 0.153 e. The van der Waals surface area contributed by atoms with E-state index in [1.807, 2.05) is 0 Å². The average Bonchev–Trinajstić information content (AvgIpc) is 2.71. The molecule has 2 aliphatic rings. The second-order valence-corrected chi connectivity index (χ2v) is 7.85. The third-order valence-electron chi connectivity index (χ3n) is 5.90.